The third-order valence-electron chi connectivity index (χ3n) is 3.94. The Bertz CT molecular complexity index is 959. The van der Waals surface area contributed by atoms with E-state index in [4.69, 9.17) is 4.42 Å². The van der Waals surface area contributed by atoms with E-state index in [9.17, 15) is 4.79 Å². The number of anilines is 1. The third-order valence-corrected chi connectivity index (χ3v) is 3.94. The fourth-order valence-corrected chi connectivity index (χ4v) is 2.64. The smallest absolute Gasteiger partial charge is 0.225 e. The van der Waals surface area contributed by atoms with Crippen molar-refractivity contribution in [3.63, 3.8) is 0 Å². The van der Waals surface area contributed by atoms with E-state index >= 15 is 0 Å². The molecule has 4 aromatic rings. The van der Waals surface area contributed by atoms with Crippen LogP contribution in [-0.2, 0) is 11.2 Å². The van der Waals surface area contributed by atoms with E-state index in [2.05, 4.69) is 20.4 Å². The molecule has 4 rings (SSSR count). The molecule has 134 valence electrons. The summed E-state index contributed by atoms with van der Waals surface area (Å²) >= 11 is 0. The molecule has 0 bridgehead atoms. The summed E-state index contributed by atoms with van der Waals surface area (Å²) in [5.41, 5.74) is 1.11. The highest BCUT2D eigenvalue weighted by atomic mass is 16.3. The zero-order valence-electron chi connectivity index (χ0n) is 14.4. The average molecular weight is 359 g/mol. The number of aromatic nitrogens is 4. The predicted octanol–water partition coefficient (Wildman–Crippen LogP) is 3.49. The van der Waals surface area contributed by atoms with Gasteiger partial charge in [0, 0.05) is 24.9 Å². The third kappa shape index (κ3) is 4.09. The maximum Gasteiger partial charge on any atom is 0.225 e. The minimum atomic E-state index is -0.116. The first-order valence-electron chi connectivity index (χ1n) is 8.55. The number of rotatable bonds is 6. The quantitative estimate of drug-likeness (QED) is 0.569. The van der Waals surface area contributed by atoms with E-state index in [0.29, 0.717) is 36.1 Å². The number of nitrogens with zero attached hydrogens (tertiary/aromatic N) is 4. The largest absolute Gasteiger partial charge is 0.461 e. The molecule has 0 fully saturated rings. The maximum absolute atomic E-state index is 12.4. The van der Waals surface area contributed by atoms with Crippen LogP contribution in [0.2, 0.25) is 0 Å². The number of hydrogen-bond acceptors (Lipinski definition) is 5. The van der Waals surface area contributed by atoms with Crippen molar-refractivity contribution in [3.8, 4) is 17.4 Å². The van der Waals surface area contributed by atoms with Crippen LogP contribution in [0.4, 0.5) is 5.82 Å². The fraction of sp³-hybridized carbons (Fsp3) is 0.100. The summed E-state index contributed by atoms with van der Waals surface area (Å²) in [4.78, 5) is 21.2. The summed E-state index contributed by atoms with van der Waals surface area (Å²) in [6.07, 6.45) is 6.01. The van der Waals surface area contributed by atoms with E-state index in [1.165, 1.54) is 0 Å². The Morgan fingerprint density at radius 3 is 2.70 bits per heavy atom. The molecule has 0 spiro atoms. The van der Waals surface area contributed by atoms with Crippen LogP contribution in [0.1, 0.15) is 12.0 Å². The number of benzene rings is 1. The molecular formula is C20H17N5O2. The van der Waals surface area contributed by atoms with Crippen molar-refractivity contribution in [2.24, 2.45) is 0 Å². The Morgan fingerprint density at radius 1 is 1.07 bits per heavy atom. The van der Waals surface area contributed by atoms with Crippen molar-refractivity contribution >= 4 is 11.7 Å². The molecule has 1 N–H and O–H groups in total. The van der Waals surface area contributed by atoms with Crippen LogP contribution < -0.4 is 5.32 Å². The summed E-state index contributed by atoms with van der Waals surface area (Å²) in [7, 11) is 0. The first-order valence-corrected chi connectivity index (χ1v) is 8.55. The topological polar surface area (TPSA) is 85.8 Å². The zero-order valence-corrected chi connectivity index (χ0v) is 14.4. The van der Waals surface area contributed by atoms with Crippen LogP contribution in [0.25, 0.3) is 17.4 Å². The van der Waals surface area contributed by atoms with Gasteiger partial charge in [0.05, 0.1) is 6.26 Å². The Labute approximate surface area is 155 Å². The number of nitrogens with one attached hydrogen (secondary N) is 1. The van der Waals surface area contributed by atoms with Crippen LogP contribution in [0.5, 0.6) is 0 Å². The molecule has 3 heterocycles. The highest BCUT2D eigenvalue weighted by Crippen LogP contribution is 2.20. The van der Waals surface area contributed by atoms with Crippen LogP contribution in [0.15, 0.2) is 77.7 Å². The Balaban J connectivity index is 1.55. The Morgan fingerprint density at radius 2 is 1.96 bits per heavy atom. The lowest BCUT2D eigenvalue weighted by Crippen LogP contribution is -2.15. The molecule has 0 atom stereocenters. The van der Waals surface area contributed by atoms with Gasteiger partial charge in [-0.15, -0.1) is 0 Å². The predicted molar refractivity (Wildman–Crippen MR) is 100 cm³/mol. The second kappa shape index (κ2) is 7.65. The number of amides is 1. The lowest BCUT2D eigenvalue weighted by Gasteiger charge is -2.09. The number of carbonyl (C=O) groups is 1. The van der Waals surface area contributed by atoms with Gasteiger partial charge in [-0.25, -0.2) is 14.6 Å². The molecule has 27 heavy (non-hydrogen) atoms. The molecule has 0 radical (unpaired) electrons. The molecule has 0 unspecified atom stereocenters. The van der Waals surface area contributed by atoms with Crippen LogP contribution in [0.3, 0.4) is 0 Å². The lowest BCUT2D eigenvalue weighted by atomic mass is 10.1. The minimum absolute atomic E-state index is 0.116. The molecule has 0 saturated heterocycles. The van der Waals surface area contributed by atoms with Gasteiger partial charge in [0.15, 0.2) is 17.4 Å². The molecule has 1 aromatic carbocycles. The maximum atomic E-state index is 12.4. The van der Waals surface area contributed by atoms with Crippen molar-refractivity contribution in [3.05, 3.63) is 78.8 Å². The second-order valence-electron chi connectivity index (χ2n) is 5.90. The van der Waals surface area contributed by atoms with Gasteiger partial charge in [-0.2, -0.15) is 5.10 Å². The van der Waals surface area contributed by atoms with Gasteiger partial charge in [-0.3, -0.25) is 4.79 Å². The minimum Gasteiger partial charge on any atom is -0.461 e. The van der Waals surface area contributed by atoms with E-state index in [0.717, 1.165) is 5.56 Å². The van der Waals surface area contributed by atoms with Crippen LogP contribution >= 0.6 is 0 Å². The molecule has 3 aromatic heterocycles. The molecule has 0 aliphatic rings. The van der Waals surface area contributed by atoms with Crippen molar-refractivity contribution in [1.82, 2.24) is 19.7 Å². The molecule has 1 amide bonds. The number of carbonyl (C=O) groups excluding carboxylic acids is 1. The Hall–Kier alpha value is -3.74. The summed E-state index contributed by atoms with van der Waals surface area (Å²) in [5, 5.41) is 7.03. The SMILES string of the molecule is O=C(CCc1ccccc1)Nc1cc(-n2cccn2)nc(-c2ccco2)n1. The van der Waals surface area contributed by atoms with Gasteiger partial charge in [0.2, 0.25) is 5.91 Å². The van der Waals surface area contributed by atoms with E-state index < -0.39 is 0 Å². The fourth-order valence-electron chi connectivity index (χ4n) is 2.64. The van der Waals surface area contributed by atoms with E-state index in [1.54, 1.807) is 47.6 Å². The van der Waals surface area contributed by atoms with Crippen molar-refractivity contribution in [2.75, 3.05) is 5.32 Å². The highest BCUT2D eigenvalue weighted by Gasteiger charge is 2.12. The molecule has 0 aliphatic carbocycles. The van der Waals surface area contributed by atoms with Gasteiger partial charge >= 0.3 is 0 Å². The molecule has 7 heteroatoms. The monoisotopic (exact) mass is 359 g/mol. The van der Waals surface area contributed by atoms with Crippen molar-refractivity contribution in [1.29, 1.82) is 0 Å². The van der Waals surface area contributed by atoms with Gasteiger partial charge in [0.1, 0.15) is 5.82 Å². The summed E-state index contributed by atoms with van der Waals surface area (Å²) in [6, 6.07) is 16.9. The van der Waals surface area contributed by atoms with E-state index in [1.807, 2.05) is 30.3 Å². The first-order chi connectivity index (χ1) is 13.3. The van der Waals surface area contributed by atoms with Gasteiger partial charge in [-0.05, 0) is 30.2 Å². The highest BCUT2D eigenvalue weighted by molar-refractivity contribution is 5.90. The summed E-state index contributed by atoms with van der Waals surface area (Å²) < 4.78 is 6.99. The average Bonchev–Trinajstić information content (AvgIpc) is 3.41. The van der Waals surface area contributed by atoms with Crippen molar-refractivity contribution in [2.45, 2.75) is 12.8 Å². The van der Waals surface area contributed by atoms with Crippen LogP contribution in [-0.4, -0.2) is 25.7 Å². The van der Waals surface area contributed by atoms with Gasteiger partial charge in [0.25, 0.3) is 0 Å². The molecule has 0 saturated carbocycles. The lowest BCUT2D eigenvalue weighted by molar-refractivity contribution is -0.116. The second-order valence-corrected chi connectivity index (χ2v) is 5.90. The Kier molecular flexibility index (Phi) is 4.74. The number of aryl methyl sites for hydroxylation is 1. The molecule has 7 nitrogen and oxygen atoms in total. The normalized spacial score (nSPS) is 10.7. The van der Waals surface area contributed by atoms with Gasteiger partial charge < -0.3 is 9.73 Å². The van der Waals surface area contributed by atoms with Gasteiger partial charge in [-0.1, -0.05) is 30.3 Å². The van der Waals surface area contributed by atoms with Crippen molar-refractivity contribution < 1.29 is 9.21 Å². The first kappa shape index (κ1) is 16.7. The van der Waals surface area contributed by atoms with Crippen LogP contribution in [0, 0.1) is 0 Å². The van der Waals surface area contributed by atoms with E-state index in [-0.39, 0.29) is 5.91 Å². The standard InChI is InChI=1S/C20H17N5O2/c26-19(10-9-15-6-2-1-3-7-15)22-17-14-18(25-12-5-11-21-25)24-20(23-17)16-8-4-13-27-16/h1-8,11-14H,9-10H2,(H,22,23,24,26). The zero-order chi connectivity index (χ0) is 18.5. The molecule has 0 aliphatic heterocycles. The summed E-state index contributed by atoms with van der Waals surface area (Å²) in [5.74, 6) is 1.73. The molecular weight excluding hydrogens is 342 g/mol. The number of furan rings is 1. The number of hydrogen-bond donors (Lipinski definition) is 1. The summed E-state index contributed by atoms with van der Waals surface area (Å²) in [6.45, 7) is 0.